The Balaban J connectivity index is 0. The fourth-order valence-corrected chi connectivity index (χ4v) is 1.72. The van der Waals surface area contributed by atoms with Crippen LogP contribution in [0.25, 0.3) is 6.08 Å². The number of halogens is 2. The Morgan fingerprint density at radius 3 is 2.43 bits per heavy atom. The van der Waals surface area contributed by atoms with Crippen molar-refractivity contribution in [1.29, 1.82) is 0 Å². The number of hydrogen-bond acceptors (Lipinski definition) is 0. The van der Waals surface area contributed by atoms with Crippen molar-refractivity contribution in [3.05, 3.63) is 41.0 Å². The quantitative estimate of drug-likeness (QED) is 0.447. The Kier molecular flexibility index (Phi) is 8.21. The second-order valence-electron chi connectivity index (χ2n) is 3.11. The first-order valence-electron chi connectivity index (χ1n) is 3.98. The van der Waals surface area contributed by atoms with E-state index in [1.807, 2.05) is 0 Å². The van der Waals surface area contributed by atoms with Gasteiger partial charge >= 0.3 is 26.2 Å². The summed E-state index contributed by atoms with van der Waals surface area (Å²) in [6.07, 6.45) is 5.39. The Labute approximate surface area is 117 Å². The largest absolute Gasteiger partial charge is 3.00 e. The topological polar surface area (TPSA) is 0 Å². The summed E-state index contributed by atoms with van der Waals surface area (Å²) in [4.78, 5) is 0. The van der Waals surface area contributed by atoms with Crippen LogP contribution in [0.3, 0.4) is 0 Å². The van der Waals surface area contributed by atoms with Crippen molar-refractivity contribution in [2.75, 3.05) is 0 Å². The Hall–Kier alpha value is 0.423. The number of rotatable bonds is 0. The molecule has 1 aromatic carbocycles. The number of fused-ring (bicyclic) bond motifs is 1. The van der Waals surface area contributed by atoms with Crippen molar-refractivity contribution in [3.8, 4) is 0 Å². The summed E-state index contributed by atoms with van der Waals surface area (Å²) >= 11 is 0. The number of hydrogen-bond donors (Lipinski definition) is 0. The molecule has 1 aromatic rings. The van der Waals surface area contributed by atoms with Crippen LogP contribution in [0.1, 0.15) is 29.5 Å². The standard InChI is InChI=1S/C11H11.2ClH.Zr/c1-8-4-3-5-10-7-6-9(2)11(8)10;;;/h3-5,7,9H,1-2H3;2*1H;/q-1;;;+3/p-2. The van der Waals surface area contributed by atoms with Crippen LogP contribution in [0.15, 0.2) is 18.2 Å². The summed E-state index contributed by atoms with van der Waals surface area (Å²) in [7, 11) is 0. The van der Waals surface area contributed by atoms with Crippen molar-refractivity contribution >= 4 is 6.08 Å². The van der Waals surface area contributed by atoms with Gasteiger partial charge in [-0.2, -0.15) is 5.56 Å². The predicted molar refractivity (Wildman–Crippen MR) is 47.3 cm³/mol. The molecule has 0 saturated carbocycles. The van der Waals surface area contributed by atoms with Gasteiger partial charge in [-0.05, 0) is 6.92 Å². The first-order chi connectivity index (χ1) is 5.29. The molecule has 2 rings (SSSR count). The maximum atomic E-state index is 3.30. The molecule has 3 heteroatoms. The van der Waals surface area contributed by atoms with Gasteiger partial charge in [0.2, 0.25) is 0 Å². The molecule has 0 nitrogen and oxygen atoms in total. The molecule has 1 aliphatic rings. The van der Waals surface area contributed by atoms with Gasteiger partial charge in [0.1, 0.15) is 0 Å². The van der Waals surface area contributed by atoms with Crippen LogP contribution in [0.4, 0.5) is 0 Å². The van der Waals surface area contributed by atoms with Gasteiger partial charge in [-0.1, -0.05) is 30.5 Å². The van der Waals surface area contributed by atoms with Crippen LogP contribution in [-0.4, -0.2) is 0 Å². The Morgan fingerprint density at radius 1 is 1.21 bits per heavy atom. The van der Waals surface area contributed by atoms with E-state index in [4.69, 9.17) is 0 Å². The number of aryl methyl sites for hydroxylation is 1. The molecular weight excluding hydrogens is 294 g/mol. The van der Waals surface area contributed by atoms with Crippen molar-refractivity contribution in [2.24, 2.45) is 0 Å². The summed E-state index contributed by atoms with van der Waals surface area (Å²) in [5.74, 6) is 0.492. The third kappa shape index (κ3) is 2.95. The van der Waals surface area contributed by atoms with E-state index in [1.165, 1.54) is 16.7 Å². The normalized spacial score (nSPS) is 16.0. The van der Waals surface area contributed by atoms with E-state index >= 15 is 0 Å². The van der Waals surface area contributed by atoms with Crippen LogP contribution in [0.5, 0.6) is 0 Å². The van der Waals surface area contributed by atoms with Gasteiger partial charge in [0, 0.05) is 0 Å². The van der Waals surface area contributed by atoms with E-state index < -0.39 is 0 Å². The van der Waals surface area contributed by atoms with Crippen LogP contribution in [0.2, 0.25) is 0 Å². The second kappa shape index (κ2) is 6.82. The minimum atomic E-state index is 0. The van der Waals surface area contributed by atoms with Crippen molar-refractivity contribution in [3.63, 3.8) is 0 Å². The van der Waals surface area contributed by atoms with Gasteiger partial charge in [-0.15, -0.1) is 11.6 Å². The average Bonchev–Trinajstić information content (AvgIpc) is 2.34. The summed E-state index contributed by atoms with van der Waals surface area (Å²) in [5, 5.41) is 0. The van der Waals surface area contributed by atoms with Crippen LogP contribution in [0, 0.1) is 13.0 Å². The molecule has 0 saturated heterocycles. The van der Waals surface area contributed by atoms with Crippen LogP contribution in [-0.2, 0) is 26.2 Å². The molecule has 0 aromatic heterocycles. The first-order valence-corrected chi connectivity index (χ1v) is 3.98. The zero-order valence-electron chi connectivity index (χ0n) is 8.14. The van der Waals surface area contributed by atoms with Crippen molar-refractivity contribution in [2.45, 2.75) is 19.8 Å². The maximum absolute atomic E-state index is 3.30. The van der Waals surface area contributed by atoms with E-state index in [-0.39, 0.29) is 51.0 Å². The molecule has 1 atom stereocenters. The molecule has 0 N–H and O–H groups in total. The molecule has 0 fully saturated rings. The molecule has 0 spiro atoms. The van der Waals surface area contributed by atoms with E-state index in [1.54, 1.807) is 0 Å². The molecule has 0 bridgehead atoms. The molecule has 73 valence electrons. The SMILES string of the molecule is Cc1cccc2c1C(C)[C-]=C2.[Cl-].[Cl-].[Zr+3]. The van der Waals surface area contributed by atoms with Crippen LogP contribution < -0.4 is 24.8 Å². The van der Waals surface area contributed by atoms with E-state index in [9.17, 15) is 0 Å². The molecule has 1 aliphatic carbocycles. The second-order valence-corrected chi connectivity index (χ2v) is 3.11. The fraction of sp³-hybridized carbons (Fsp3) is 0.273. The molecule has 1 radical (unpaired) electrons. The Morgan fingerprint density at radius 2 is 1.86 bits per heavy atom. The van der Waals surface area contributed by atoms with Crippen molar-refractivity contribution < 1.29 is 51.0 Å². The zero-order valence-corrected chi connectivity index (χ0v) is 12.1. The molecular formula is C11H11Cl2Zr. The van der Waals surface area contributed by atoms with Gasteiger partial charge in [0.15, 0.2) is 0 Å². The van der Waals surface area contributed by atoms with Gasteiger partial charge in [-0.25, -0.2) is 6.08 Å². The predicted octanol–water partition coefficient (Wildman–Crippen LogP) is -3.07. The summed E-state index contributed by atoms with van der Waals surface area (Å²) in [6.45, 7) is 4.35. The monoisotopic (exact) mass is 303 g/mol. The minimum absolute atomic E-state index is 0. The number of benzene rings is 1. The van der Waals surface area contributed by atoms with E-state index in [0.717, 1.165) is 0 Å². The van der Waals surface area contributed by atoms with E-state index in [2.05, 4.69) is 44.2 Å². The average molecular weight is 305 g/mol. The zero-order chi connectivity index (χ0) is 7.84. The smallest absolute Gasteiger partial charge is 1.00 e. The third-order valence-electron chi connectivity index (χ3n) is 2.28. The van der Waals surface area contributed by atoms with Crippen molar-refractivity contribution in [1.82, 2.24) is 0 Å². The molecule has 1 unspecified atom stereocenters. The van der Waals surface area contributed by atoms with Gasteiger partial charge < -0.3 is 24.8 Å². The minimum Gasteiger partial charge on any atom is -1.00 e. The maximum Gasteiger partial charge on any atom is 3.00 e. The molecule has 14 heavy (non-hydrogen) atoms. The summed E-state index contributed by atoms with van der Waals surface area (Å²) in [5.41, 5.74) is 4.18. The Bertz CT molecular complexity index is 321. The van der Waals surface area contributed by atoms with Gasteiger partial charge in [0.25, 0.3) is 0 Å². The summed E-state index contributed by atoms with van der Waals surface area (Å²) in [6, 6.07) is 6.42. The summed E-state index contributed by atoms with van der Waals surface area (Å²) < 4.78 is 0. The van der Waals surface area contributed by atoms with Gasteiger partial charge in [-0.3, -0.25) is 6.08 Å². The molecule has 0 amide bonds. The van der Waals surface area contributed by atoms with Crippen LogP contribution >= 0.6 is 0 Å². The molecule has 0 heterocycles. The fourth-order valence-electron chi connectivity index (χ4n) is 1.72. The van der Waals surface area contributed by atoms with Gasteiger partial charge in [0.05, 0.1) is 0 Å². The number of allylic oxidation sites excluding steroid dienone is 1. The first kappa shape index (κ1) is 16.8. The van der Waals surface area contributed by atoms with E-state index in [0.29, 0.717) is 5.92 Å². The third-order valence-corrected chi connectivity index (χ3v) is 2.28. The molecule has 0 aliphatic heterocycles.